The quantitative estimate of drug-likeness (QED) is 0.722. The summed E-state index contributed by atoms with van der Waals surface area (Å²) < 4.78 is 27.9. The van der Waals surface area contributed by atoms with Crippen LogP contribution in [0.15, 0.2) is 10.6 Å². The lowest BCUT2D eigenvalue weighted by Crippen LogP contribution is -1.95. The molecule has 0 unspecified atom stereocenters. The van der Waals surface area contributed by atoms with E-state index < -0.39 is 12.8 Å². The van der Waals surface area contributed by atoms with Gasteiger partial charge in [0.2, 0.25) is 6.43 Å². The van der Waals surface area contributed by atoms with Crippen molar-refractivity contribution in [3.05, 3.63) is 17.5 Å². The van der Waals surface area contributed by atoms with Gasteiger partial charge >= 0.3 is 0 Å². The van der Waals surface area contributed by atoms with Gasteiger partial charge in [-0.2, -0.15) is 0 Å². The lowest BCUT2D eigenvalue weighted by molar-refractivity contribution is 0.146. The molecule has 3 nitrogen and oxygen atoms in total. The molecule has 0 atom stereocenters. The molecular weight excluding hydrogens is 156 g/mol. The SMILES string of the molecule is OCc1cc(CC(F)F)no1. The highest BCUT2D eigenvalue weighted by Crippen LogP contribution is 2.07. The van der Waals surface area contributed by atoms with E-state index in [1.54, 1.807) is 0 Å². The Morgan fingerprint density at radius 2 is 2.36 bits per heavy atom. The van der Waals surface area contributed by atoms with Gasteiger partial charge in [-0.3, -0.25) is 0 Å². The first-order valence-corrected chi connectivity index (χ1v) is 3.06. The maximum absolute atomic E-state index is 11.7. The number of nitrogens with zero attached hydrogens (tertiary/aromatic N) is 1. The second kappa shape index (κ2) is 3.43. The molecule has 0 saturated carbocycles. The van der Waals surface area contributed by atoms with Crippen LogP contribution in [0.2, 0.25) is 0 Å². The van der Waals surface area contributed by atoms with E-state index in [0.717, 1.165) is 0 Å². The summed E-state index contributed by atoms with van der Waals surface area (Å²) in [5.74, 6) is 0.209. The lowest BCUT2D eigenvalue weighted by atomic mass is 10.3. The van der Waals surface area contributed by atoms with Crippen LogP contribution in [0.25, 0.3) is 0 Å². The minimum atomic E-state index is -2.42. The minimum absolute atomic E-state index is 0.170. The number of aliphatic hydroxyl groups excluding tert-OH is 1. The first kappa shape index (κ1) is 8.13. The molecular formula is C6H7F2NO2. The fourth-order valence-corrected chi connectivity index (χ4v) is 0.685. The molecule has 62 valence electrons. The van der Waals surface area contributed by atoms with E-state index in [4.69, 9.17) is 5.11 Å². The maximum atomic E-state index is 11.7. The predicted molar refractivity (Wildman–Crippen MR) is 32.1 cm³/mol. The van der Waals surface area contributed by atoms with Crippen LogP contribution in [0.1, 0.15) is 11.5 Å². The predicted octanol–water partition coefficient (Wildman–Crippen LogP) is 0.974. The highest BCUT2D eigenvalue weighted by molar-refractivity contribution is 5.04. The molecule has 0 bridgehead atoms. The Balaban J connectivity index is 2.58. The zero-order valence-electron chi connectivity index (χ0n) is 5.63. The normalized spacial score (nSPS) is 10.9. The van der Waals surface area contributed by atoms with Gasteiger partial charge < -0.3 is 9.63 Å². The van der Waals surface area contributed by atoms with E-state index in [-0.39, 0.29) is 18.1 Å². The highest BCUT2D eigenvalue weighted by Gasteiger charge is 2.09. The molecule has 0 spiro atoms. The Labute approximate surface area is 61.6 Å². The third kappa shape index (κ3) is 2.27. The molecule has 0 aliphatic rings. The molecule has 0 aromatic carbocycles. The van der Waals surface area contributed by atoms with Crippen molar-refractivity contribution in [3.8, 4) is 0 Å². The number of rotatable bonds is 3. The molecule has 1 heterocycles. The summed E-state index contributed by atoms with van der Waals surface area (Å²) >= 11 is 0. The standard InChI is InChI=1S/C6H7F2NO2/c7-6(8)2-4-1-5(3-10)11-9-4/h1,6,10H,2-3H2. The van der Waals surface area contributed by atoms with Crippen molar-refractivity contribution in [2.75, 3.05) is 0 Å². The number of halogens is 2. The summed E-state index contributed by atoms with van der Waals surface area (Å²) in [5.41, 5.74) is 0.170. The molecule has 11 heavy (non-hydrogen) atoms. The van der Waals surface area contributed by atoms with E-state index in [2.05, 4.69) is 9.68 Å². The molecule has 0 fully saturated rings. The molecule has 0 aliphatic heterocycles. The molecule has 5 heteroatoms. The van der Waals surface area contributed by atoms with E-state index >= 15 is 0 Å². The third-order valence-electron chi connectivity index (χ3n) is 1.13. The fourth-order valence-electron chi connectivity index (χ4n) is 0.685. The first-order chi connectivity index (χ1) is 5.22. The molecule has 1 rings (SSSR count). The van der Waals surface area contributed by atoms with E-state index in [0.29, 0.717) is 0 Å². The molecule has 0 saturated heterocycles. The Hall–Kier alpha value is -0.970. The van der Waals surface area contributed by atoms with Crippen LogP contribution in [0.3, 0.4) is 0 Å². The van der Waals surface area contributed by atoms with Crippen molar-refractivity contribution in [1.82, 2.24) is 5.16 Å². The first-order valence-electron chi connectivity index (χ1n) is 3.06. The van der Waals surface area contributed by atoms with Gasteiger partial charge in [-0.15, -0.1) is 0 Å². The number of hydrogen-bond acceptors (Lipinski definition) is 3. The van der Waals surface area contributed by atoms with Crippen molar-refractivity contribution < 1.29 is 18.4 Å². The topological polar surface area (TPSA) is 46.3 Å². The van der Waals surface area contributed by atoms with Crippen molar-refractivity contribution in [3.63, 3.8) is 0 Å². The molecule has 1 N–H and O–H groups in total. The van der Waals surface area contributed by atoms with E-state index in [1.807, 2.05) is 0 Å². The van der Waals surface area contributed by atoms with Gasteiger partial charge in [0.25, 0.3) is 0 Å². The Bertz CT molecular complexity index is 224. The zero-order valence-corrected chi connectivity index (χ0v) is 5.63. The van der Waals surface area contributed by atoms with Crippen LogP contribution in [0.4, 0.5) is 8.78 Å². The average molecular weight is 163 g/mol. The van der Waals surface area contributed by atoms with Crippen LogP contribution >= 0.6 is 0 Å². The van der Waals surface area contributed by atoms with Crippen LogP contribution in [0.5, 0.6) is 0 Å². The van der Waals surface area contributed by atoms with Gasteiger partial charge in [0.15, 0.2) is 5.76 Å². The summed E-state index contributed by atoms with van der Waals surface area (Å²) in [6.45, 7) is -0.309. The van der Waals surface area contributed by atoms with Gasteiger partial charge in [0, 0.05) is 6.07 Å². The van der Waals surface area contributed by atoms with Crippen molar-refractivity contribution in [2.24, 2.45) is 0 Å². The van der Waals surface area contributed by atoms with Crippen molar-refractivity contribution in [2.45, 2.75) is 19.5 Å². The molecule has 0 amide bonds. The summed E-state index contributed by atoms with van der Waals surface area (Å²) in [6, 6.07) is 1.31. The van der Waals surface area contributed by atoms with E-state index in [9.17, 15) is 8.78 Å². The van der Waals surface area contributed by atoms with Gasteiger partial charge in [0.05, 0.1) is 12.1 Å². The smallest absolute Gasteiger partial charge is 0.244 e. The number of hydrogen-bond donors (Lipinski definition) is 1. The number of alkyl halides is 2. The second-order valence-corrected chi connectivity index (χ2v) is 2.04. The maximum Gasteiger partial charge on any atom is 0.244 e. The van der Waals surface area contributed by atoms with Crippen LogP contribution < -0.4 is 0 Å². The second-order valence-electron chi connectivity index (χ2n) is 2.04. The molecule has 0 radical (unpaired) electrons. The average Bonchev–Trinajstić information content (AvgIpc) is 2.34. The largest absolute Gasteiger partial charge is 0.388 e. The third-order valence-corrected chi connectivity index (χ3v) is 1.13. The fraction of sp³-hybridized carbons (Fsp3) is 0.500. The van der Waals surface area contributed by atoms with Crippen LogP contribution in [-0.4, -0.2) is 16.7 Å². The molecule has 0 aliphatic carbocycles. The van der Waals surface area contributed by atoms with Crippen LogP contribution in [-0.2, 0) is 13.0 Å². The summed E-state index contributed by atoms with van der Waals surface area (Å²) in [4.78, 5) is 0. The van der Waals surface area contributed by atoms with Crippen molar-refractivity contribution in [1.29, 1.82) is 0 Å². The molecule has 1 aromatic rings. The number of aromatic nitrogens is 1. The zero-order chi connectivity index (χ0) is 8.27. The number of aliphatic hydroxyl groups is 1. The minimum Gasteiger partial charge on any atom is -0.388 e. The van der Waals surface area contributed by atoms with Crippen molar-refractivity contribution >= 4 is 0 Å². The summed E-state index contributed by atoms with van der Waals surface area (Å²) in [6.07, 6.45) is -2.85. The van der Waals surface area contributed by atoms with Gasteiger partial charge in [-0.1, -0.05) is 5.16 Å². The monoisotopic (exact) mass is 163 g/mol. The highest BCUT2D eigenvalue weighted by atomic mass is 19.3. The lowest BCUT2D eigenvalue weighted by Gasteiger charge is -1.89. The Kier molecular flexibility index (Phi) is 2.53. The Morgan fingerprint density at radius 1 is 1.64 bits per heavy atom. The Morgan fingerprint density at radius 3 is 2.82 bits per heavy atom. The molecule has 1 aromatic heterocycles. The van der Waals surface area contributed by atoms with Gasteiger partial charge in [-0.25, -0.2) is 8.78 Å². The van der Waals surface area contributed by atoms with Gasteiger partial charge in [0.1, 0.15) is 6.61 Å². The van der Waals surface area contributed by atoms with Gasteiger partial charge in [-0.05, 0) is 0 Å². The summed E-state index contributed by atoms with van der Waals surface area (Å²) in [7, 11) is 0. The van der Waals surface area contributed by atoms with Crippen LogP contribution in [0, 0.1) is 0 Å². The van der Waals surface area contributed by atoms with E-state index in [1.165, 1.54) is 6.07 Å². The summed E-state index contributed by atoms with van der Waals surface area (Å²) in [5, 5.41) is 11.8.